The first-order chi connectivity index (χ1) is 12.4. The summed E-state index contributed by atoms with van der Waals surface area (Å²) in [5.41, 5.74) is 2.52. The van der Waals surface area contributed by atoms with Crippen molar-refractivity contribution in [3.8, 4) is 11.3 Å². The van der Waals surface area contributed by atoms with Crippen molar-refractivity contribution < 1.29 is 19.1 Å². The van der Waals surface area contributed by atoms with Crippen LogP contribution < -0.4 is 10.6 Å². The zero-order valence-electron chi connectivity index (χ0n) is 13.5. The molecule has 2 aromatic heterocycles. The minimum absolute atomic E-state index is 0.151. The summed E-state index contributed by atoms with van der Waals surface area (Å²) in [5, 5.41) is 4.85. The van der Waals surface area contributed by atoms with Crippen molar-refractivity contribution in [3.05, 3.63) is 48.7 Å². The van der Waals surface area contributed by atoms with Gasteiger partial charge < -0.3 is 15.1 Å². The number of hydrogen-bond donors (Lipinski definition) is 4. The van der Waals surface area contributed by atoms with E-state index in [9.17, 15) is 9.36 Å². The average molecular weight is 373 g/mol. The van der Waals surface area contributed by atoms with Crippen LogP contribution in [0.15, 0.2) is 48.7 Å². The summed E-state index contributed by atoms with van der Waals surface area (Å²) in [4.78, 5) is 42.3. The lowest BCUT2D eigenvalue weighted by atomic mass is 10.2. The molecule has 2 heterocycles. The van der Waals surface area contributed by atoms with Crippen LogP contribution in [0.1, 0.15) is 0 Å². The van der Waals surface area contributed by atoms with E-state index in [1.807, 2.05) is 30.3 Å². The number of aromatic nitrogens is 3. The van der Waals surface area contributed by atoms with Gasteiger partial charge in [0.05, 0.1) is 18.1 Å². The third-order valence-corrected chi connectivity index (χ3v) is 4.21. The Kier molecular flexibility index (Phi) is 5.22. The number of rotatable bonds is 5. The van der Waals surface area contributed by atoms with Crippen LogP contribution in [0.25, 0.3) is 22.4 Å². The minimum atomic E-state index is -4.15. The smallest absolute Gasteiger partial charge is 0.327 e. The van der Waals surface area contributed by atoms with Gasteiger partial charge >= 0.3 is 13.6 Å². The van der Waals surface area contributed by atoms with Crippen molar-refractivity contribution in [2.24, 2.45) is 0 Å². The molecule has 2 amide bonds. The molecule has 0 radical (unpaired) electrons. The minimum Gasteiger partial charge on any atom is -0.337 e. The predicted molar refractivity (Wildman–Crippen MR) is 96.7 cm³/mol. The Balaban J connectivity index is 1.73. The molecule has 0 bridgehead atoms. The molecule has 1 aromatic carbocycles. The number of nitrogens with zero attached hydrogens (tertiary/aromatic N) is 3. The molecule has 4 N–H and O–H groups in total. The maximum Gasteiger partial charge on any atom is 0.327 e. The molecular weight excluding hydrogens is 357 g/mol. The number of anilines is 1. The van der Waals surface area contributed by atoms with Gasteiger partial charge in [-0.3, -0.25) is 14.9 Å². The summed E-state index contributed by atoms with van der Waals surface area (Å²) in [6, 6.07) is 12.2. The van der Waals surface area contributed by atoms with Crippen molar-refractivity contribution in [1.29, 1.82) is 0 Å². The van der Waals surface area contributed by atoms with Crippen LogP contribution in [0.5, 0.6) is 0 Å². The Morgan fingerprint density at radius 2 is 1.85 bits per heavy atom. The number of nitrogens with one attached hydrogen (secondary N) is 2. The molecule has 0 aliphatic heterocycles. The van der Waals surface area contributed by atoms with Crippen LogP contribution in [0.4, 0.5) is 10.6 Å². The molecule has 0 aliphatic rings. The second-order valence-electron chi connectivity index (χ2n) is 5.43. The van der Waals surface area contributed by atoms with Gasteiger partial charge in [0.2, 0.25) is 0 Å². The standard InChI is InChI=1S/C16H16N5O4P/c22-16(17-8-9-26(23,24)25)21-14-7-6-12-15(20-14)19-13(10-18-12)11-4-2-1-3-5-11/h1-7,10H,8-9H2,(H2,23,24,25)(H2,17,19,20,21,22). The number of pyridine rings is 1. The van der Waals surface area contributed by atoms with Crippen LogP contribution in [0.3, 0.4) is 0 Å². The fourth-order valence-corrected chi connectivity index (χ4v) is 2.59. The van der Waals surface area contributed by atoms with Crippen LogP contribution in [0.2, 0.25) is 0 Å². The van der Waals surface area contributed by atoms with Gasteiger partial charge in [0.15, 0.2) is 5.65 Å². The Morgan fingerprint density at radius 1 is 1.08 bits per heavy atom. The van der Waals surface area contributed by atoms with E-state index in [1.54, 1.807) is 18.3 Å². The molecule has 0 saturated carbocycles. The highest BCUT2D eigenvalue weighted by Gasteiger charge is 2.13. The summed E-state index contributed by atoms with van der Waals surface area (Å²) in [7, 11) is -4.15. The average Bonchev–Trinajstić information content (AvgIpc) is 2.61. The van der Waals surface area contributed by atoms with Crippen molar-refractivity contribution in [3.63, 3.8) is 0 Å². The molecule has 26 heavy (non-hydrogen) atoms. The van der Waals surface area contributed by atoms with Gasteiger partial charge in [0.1, 0.15) is 11.3 Å². The van der Waals surface area contributed by atoms with Gasteiger partial charge in [-0.1, -0.05) is 30.3 Å². The van der Waals surface area contributed by atoms with E-state index >= 15 is 0 Å². The van der Waals surface area contributed by atoms with E-state index in [1.165, 1.54) is 0 Å². The monoisotopic (exact) mass is 373 g/mol. The molecule has 10 heteroatoms. The SMILES string of the molecule is O=C(NCCP(=O)(O)O)Nc1ccc2ncc(-c3ccccc3)nc2n1. The fraction of sp³-hybridized carbons (Fsp3) is 0.125. The predicted octanol–water partition coefficient (Wildman–Crippen LogP) is 1.99. The first-order valence-electron chi connectivity index (χ1n) is 7.69. The van der Waals surface area contributed by atoms with Gasteiger partial charge in [0, 0.05) is 12.1 Å². The lowest BCUT2D eigenvalue weighted by Gasteiger charge is -2.08. The number of fused-ring (bicyclic) bond motifs is 1. The largest absolute Gasteiger partial charge is 0.337 e. The Morgan fingerprint density at radius 3 is 2.58 bits per heavy atom. The number of hydrogen-bond acceptors (Lipinski definition) is 5. The summed E-state index contributed by atoms with van der Waals surface area (Å²) < 4.78 is 10.8. The van der Waals surface area contributed by atoms with E-state index in [2.05, 4.69) is 25.6 Å². The Bertz CT molecular complexity index is 977. The van der Waals surface area contributed by atoms with Crippen LogP contribution in [-0.4, -0.2) is 43.5 Å². The number of benzene rings is 1. The highest BCUT2D eigenvalue weighted by Crippen LogP contribution is 2.32. The maximum absolute atomic E-state index is 11.8. The van der Waals surface area contributed by atoms with E-state index in [4.69, 9.17) is 9.79 Å². The molecule has 134 valence electrons. The molecule has 3 rings (SSSR count). The molecule has 0 spiro atoms. The quantitative estimate of drug-likeness (QED) is 0.502. The molecule has 0 unspecified atom stereocenters. The second-order valence-corrected chi connectivity index (χ2v) is 7.21. The number of amides is 2. The zero-order valence-corrected chi connectivity index (χ0v) is 14.4. The van der Waals surface area contributed by atoms with Gasteiger partial charge in [-0.2, -0.15) is 0 Å². The normalized spacial score (nSPS) is 11.3. The van der Waals surface area contributed by atoms with Crippen LogP contribution in [-0.2, 0) is 4.57 Å². The van der Waals surface area contributed by atoms with E-state index in [-0.39, 0.29) is 12.4 Å². The molecule has 0 fully saturated rings. The highest BCUT2D eigenvalue weighted by atomic mass is 31.2. The van der Waals surface area contributed by atoms with Crippen molar-refractivity contribution in [2.45, 2.75) is 0 Å². The van der Waals surface area contributed by atoms with Crippen LogP contribution >= 0.6 is 7.60 Å². The lowest BCUT2D eigenvalue weighted by Crippen LogP contribution is -2.31. The van der Waals surface area contributed by atoms with Crippen molar-refractivity contribution in [2.75, 3.05) is 18.0 Å². The lowest BCUT2D eigenvalue weighted by molar-refractivity contribution is 0.252. The fourth-order valence-electron chi connectivity index (χ4n) is 2.19. The second kappa shape index (κ2) is 7.57. The third-order valence-electron chi connectivity index (χ3n) is 3.41. The van der Waals surface area contributed by atoms with E-state index in [0.717, 1.165) is 5.56 Å². The summed E-state index contributed by atoms with van der Waals surface area (Å²) >= 11 is 0. The van der Waals surface area contributed by atoms with Crippen molar-refractivity contribution in [1.82, 2.24) is 20.3 Å². The first kappa shape index (κ1) is 17.9. The van der Waals surface area contributed by atoms with Crippen LogP contribution in [0, 0.1) is 0 Å². The summed E-state index contributed by atoms with van der Waals surface area (Å²) in [5.74, 6) is 0.255. The summed E-state index contributed by atoms with van der Waals surface area (Å²) in [6.45, 7) is -0.151. The number of carbonyl (C=O) groups is 1. The molecule has 3 aromatic rings. The van der Waals surface area contributed by atoms with Gasteiger partial charge in [0.25, 0.3) is 0 Å². The molecule has 0 atom stereocenters. The van der Waals surface area contributed by atoms with Gasteiger partial charge in [-0.25, -0.2) is 14.8 Å². The molecule has 9 nitrogen and oxygen atoms in total. The first-order valence-corrected chi connectivity index (χ1v) is 9.49. The van der Waals surface area contributed by atoms with E-state index in [0.29, 0.717) is 16.9 Å². The highest BCUT2D eigenvalue weighted by molar-refractivity contribution is 7.51. The van der Waals surface area contributed by atoms with E-state index < -0.39 is 19.8 Å². The Hall–Kier alpha value is -2.87. The topological polar surface area (TPSA) is 137 Å². The number of urea groups is 1. The molecule has 0 aliphatic carbocycles. The van der Waals surface area contributed by atoms with Gasteiger partial charge in [-0.05, 0) is 12.1 Å². The maximum atomic E-state index is 11.8. The van der Waals surface area contributed by atoms with Crippen molar-refractivity contribution >= 4 is 30.6 Å². The van der Waals surface area contributed by atoms with Gasteiger partial charge in [-0.15, -0.1) is 0 Å². The Labute approximate surface area is 148 Å². The third kappa shape index (κ3) is 4.82. The zero-order chi connectivity index (χ0) is 18.6. The molecule has 0 saturated heterocycles. The molecular formula is C16H16N5O4P. The summed E-state index contributed by atoms with van der Waals surface area (Å²) in [6.07, 6.45) is 1.22. The number of carbonyl (C=O) groups excluding carboxylic acids is 1.